The summed E-state index contributed by atoms with van der Waals surface area (Å²) in [6, 6.07) is 22.0. The highest BCUT2D eigenvalue weighted by Gasteiger charge is 2.34. The summed E-state index contributed by atoms with van der Waals surface area (Å²) in [6.07, 6.45) is 3.63. The van der Waals surface area contributed by atoms with Gasteiger partial charge in [-0.1, -0.05) is 67.4 Å². The second-order valence-corrected chi connectivity index (χ2v) is 7.93. The molecule has 128 valence electrons. The zero-order valence-electron chi connectivity index (χ0n) is 15.7. The fraction of sp³-hybridized carbons (Fsp3) is 0.208. The SMILES string of the molecule is Cc1cc(C)cc(-n2[c-][n+]3c4c(cccc42)C(C)(C)c2ccccc2-3)c1. The number of aromatic nitrogens is 2. The van der Waals surface area contributed by atoms with Crippen molar-refractivity contribution in [2.45, 2.75) is 33.1 Å². The molecule has 0 bridgehead atoms. The lowest BCUT2D eigenvalue weighted by atomic mass is 9.75. The van der Waals surface area contributed by atoms with E-state index in [-0.39, 0.29) is 5.41 Å². The van der Waals surface area contributed by atoms with Crippen LogP contribution < -0.4 is 4.57 Å². The number of hydrogen-bond acceptors (Lipinski definition) is 0. The predicted octanol–water partition coefficient (Wildman–Crippen LogP) is 4.96. The van der Waals surface area contributed by atoms with E-state index in [1.54, 1.807) is 0 Å². The van der Waals surface area contributed by atoms with Gasteiger partial charge in [-0.05, 0) is 43.2 Å². The van der Waals surface area contributed by atoms with Gasteiger partial charge in [0.25, 0.3) is 6.33 Å². The number of nitrogens with zero attached hydrogens (tertiary/aromatic N) is 2. The van der Waals surface area contributed by atoms with E-state index < -0.39 is 0 Å². The van der Waals surface area contributed by atoms with Gasteiger partial charge in [-0.25, -0.2) is 0 Å². The van der Waals surface area contributed by atoms with Gasteiger partial charge in [0.05, 0.1) is 22.4 Å². The Labute approximate surface area is 154 Å². The van der Waals surface area contributed by atoms with E-state index >= 15 is 0 Å². The van der Waals surface area contributed by atoms with E-state index in [0.29, 0.717) is 0 Å². The fourth-order valence-electron chi connectivity index (χ4n) is 4.45. The minimum atomic E-state index is -0.0291. The van der Waals surface area contributed by atoms with Gasteiger partial charge in [-0.15, -0.1) is 0 Å². The Balaban J connectivity index is 1.92. The van der Waals surface area contributed by atoms with E-state index in [2.05, 4.69) is 104 Å². The van der Waals surface area contributed by atoms with Crippen LogP contribution in [0.3, 0.4) is 0 Å². The molecule has 0 amide bonds. The monoisotopic (exact) mass is 338 g/mol. The molecule has 0 radical (unpaired) electrons. The Morgan fingerprint density at radius 2 is 1.54 bits per heavy atom. The van der Waals surface area contributed by atoms with Crippen molar-refractivity contribution >= 4 is 11.0 Å². The number of imidazole rings is 1. The van der Waals surface area contributed by atoms with Crippen LogP contribution in [0.1, 0.15) is 36.1 Å². The molecule has 0 unspecified atom stereocenters. The summed E-state index contributed by atoms with van der Waals surface area (Å²) in [4.78, 5) is 0. The zero-order chi connectivity index (χ0) is 18.1. The van der Waals surface area contributed by atoms with E-state index in [0.717, 1.165) is 0 Å². The van der Waals surface area contributed by atoms with E-state index in [1.165, 1.54) is 44.7 Å². The quantitative estimate of drug-likeness (QED) is 0.342. The van der Waals surface area contributed by atoms with Crippen molar-refractivity contribution in [3.8, 4) is 11.4 Å². The smallest absolute Gasteiger partial charge is 0.269 e. The van der Waals surface area contributed by atoms with Crippen LogP contribution in [-0.4, -0.2) is 4.57 Å². The first kappa shape index (κ1) is 15.4. The minimum Gasteiger partial charge on any atom is -0.292 e. The average molecular weight is 338 g/mol. The highest BCUT2D eigenvalue weighted by molar-refractivity contribution is 5.81. The number of aryl methyl sites for hydroxylation is 2. The fourth-order valence-corrected chi connectivity index (χ4v) is 4.45. The van der Waals surface area contributed by atoms with Crippen LogP contribution >= 0.6 is 0 Å². The van der Waals surface area contributed by atoms with Crippen molar-refractivity contribution in [1.29, 1.82) is 0 Å². The van der Waals surface area contributed by atoms with Gasteiger partial charge in [-0.2, -0.15) is 0 Å². The Kier molecular flexibility index (Phi) is 3.00. The van der Waals surface area contributed by atoms with Crippen LogP contribution in [0.2, 0.25) is 0 Å². The summed E-state index contributed by atoms with van der Waals surface area (Å²) >= 11 is 0. The molecule has 26 heavy (non-hydrogen) atoms. The van der Waals surface area contributed by atoms with Gasteiger partial charge in [-0.3, -0.25) is 9.13 Å². The van der Waals surface area contributed by atoms with E-state index in [1.807, 2.05) is 0 Å². The highest BCUT2D eigenvalue weighted by Crippen LogP contribution is 2.40. The molecule has 1 aliphatic rings. The number of benzene rings is 3. The molecule has 0 saturated heterocycles. The second-order valence-electron chi connectivity index (χ2n) is 7.93. The summed E-state index contributed by atoms with van der Waals surface area (Å²) in [7, 11) is 0. The average Bonchev–Trinajstić information content (AvgIpc) is 3.00. The standard InChI is InChI=1S/C24H22N2/c1-16-12-17(2)14-18(13-16)25-15-26-21-10-6-5-8-19(21)24(3,4)20-9-7-11-22(25)23(20)26/h5-14H,1-4H3. The Morgan fingerprint density at radius 3 is 2.31 bits per heavy atom. The second kappa shape index (κ2) is 5.07. The molecular weight excluding hydrogens is 316 g/mol. The summed E-state index contributed by atoms with van der Waals surface area (Å²) in [5.74, 6) is 0. The molecule has 3 aromatic carbocycles. The number of rotatable bonds is 1. The maximum absolute atomic E-state index is 3.63. The van der Waals surface area contributed by atoms with Crippen molar-refractivity contribution in [2.75, 3.05) is 0 Å². The van der Waals surface area contributed by atoms with Crippen LogP contribution in [0.15, 0.2) is 60.7 Å². The van der Waals surface area contributed by atoms with Crippen molar-refractivity contribution in [3.05, 3.63) is 89.2 Å². The maximum atomic E-state index is 3.63. The lowest BCUT2D eigenvalue weighted by Gasteiger charge is -2.34. The lowest BCUT2D eigenvalue weighted by Crippen LogP contribution is -2.40. The molecular formula is C24H22N2. The predicted molar refractivity (Wildman–Crippen MR) is 105 cm³/mol. The molecule has 5 rings (SSSR count). The summed E-state index contributed by atoms with van der Waals surface area (Å²) in [5.41, 5.74) is 10.1. The Bertz CT molecular complexity index is 1160. The van der Waals surface area contributed by atoms with Crippen LogP contribution in [0.4, 0.5) is 0 Å². The van der Waals surface area contributed by atoms with Gasteiger partial charge in [0, 0.05) is 5.41 Å². The molecule has 0 saturated carbocycles. The molecule has 0 aliphatic carbocycles. The van der Waals surface area contributed by atoms with Gasteiger partial charge < -0.3 is 0 Å². The molecule has 1 aromatic heterocycles. The number of hydrogen-bond donors (Lipinski definition) is 0. The first-order valence-electron chi connectivity index (χ1n) is 9.15. The van der Waals surface area contributed by atoms with Crippen molar-refractivity contribution in [2.24, 2.45) is 0 Å². The minimum absolute atomic E-state index is 0.0291. The van der Waals surface area contributed by atoms with E-state index in [9.17, 15) is 0 Å². The molecule has 2 heterocycles. The molecule has 1 aliphatic heterocycles. The summed E-state index contributed by atoms with van der Waals surface area (Å²) in [5, 5.41) is 0. The topological polar surface area (TPSA) is 8.81 Å². The van der Waals surface area contributed by atoms with Crippen molar-refractivity contribution < 1.29 is 4.57 Å². The molecule has 2 heteroatoms. The first-order valence-corrected chi connectivity index (χ1v) is 9.15. The van der Waals surface area contributed by atoms with Crippen LogP contribution in [-0.2, 0) is 5.41 Å². The Hall–Kier alpha value is -2.87. The highest BCUT2D eigenvalue weighted by atomic mass is 15.1. The number of fused-ring (bicyclic) bond motifs is 2. The summed E-state index contributed by atoms with van der Waals surface area (Å²) < 4.78 is 4.44. The lowest BCUT2D eigenvalue weighted by molar-refractivity contribution is -0.575. The third-order valence-electron chi connectivity index (χ3n) is 5.64. The van der Waals surface area contributed by atoms with Gasteiger partial charge in [0.2, 0.25) is 0 Å². The third kappa shape index (κ3) is 1.96. The number of para-hydroxylation sites is 2. The van der Waals surface area contributed by atoms with Gasteiger partial charge in [0.15, 0.2) is 0 Å². The molecule has 0 atom stereocenters. The third-order valence-corrected chi connectivity index (χ3v) is 5.64. The van der Waals surface area contributed by atoms with Crippen LogP contribution in [0.25, 0.3) is 22.4 Å². The molecule has 4 aromatic rings. The van der Waals surface area contributed by atoms with Crippen LogP contribution in [0.5, 0.6) is 0 Å². The molecule has 0 spiro atoms. The summed E-state index contributed by atoms with van der Waals surface area (Å²) in [6.45, 7) is 8.94. The van der Waals surface area contributed by atoms with Gasteiger partial charge in [0.1, 0.15) is 0 Å². The van der Waals surface area contributed by atoms with E-state index in [4.69, 9.17) is 0 Å². The zero-order valence-corrected chi connectivity index (χ0v) is 15.7. The van der Waals surface area contributed by atoms with Crippen molar-refractivity contribution in [3.63, 3.8) is 0 Å². The molecule has 0 fully saturated rings. The van der Waals surface area contributed by atoms with Crippen LogP contribution in [0, 0.1) is 20.2 Å². The molecule has 2 nitrogen and oxygen atoms in total. The van der Waals surface area contributed by atoms with Crippen molar-refractivity contribution in [1.82, 2.24) is 4.57 Å². The van der Waals surface area contributed by atoms with Gasteiger partial charge >= 0.3 is 0 Å². The normalized spacial score (nSPS) is 14.5. The Morgan fingerprint density at radius 1 is 0.846 bits per heavy atom. The maximum Gasteiger partial charge on any atom is 0.269 e. The first-order chi connectivity index (χ1) is 12.5. The largest absolute Gasteiger partial charge is 0.292 e. The molecule has 0 N–H and O–H groups in total.